The quantitative estimate of drug-likeness (QED) is 0.618. The molecule has 0 spiro atoms. The number of pyridine rings is 2. The number of aromatic nitrogens is 2. The number of hydrogen-bond acceptors (Lipinski definition) is 5. The molecule has 3 rings (SSSR count). The van der Waals surface area contributed by atoms with Gasteiger partial charge in [-0.15, -0.1) is 0 Å². The Morgan fingerprint density at radius 3 is 2.52 bits per heavy atom. The van der Waals surface area contributed by atoms with Crippen LogP contribution < -0.4 is 10.9 Å². The van der Waals surface area contributed by atoms with Crippen molar-refractivity contribution in [1.29, 1.82) is 10.5 Å². The smallest absolute Gasteiger partial charge is 0.342 e. The van der Waals surface area contributed by atoms with Crippen molar-refractivity contribution in [2.24, 2.45) is 0 Å². The van der Waals surface area contributed by atoms with Gasteiger partial charge < -0.3 is 10.3 Å². The minimum Gasteiger partial charge on any atom is -0.342 e. The van der Waals surface area contributed by atoms with Gasteiger partial charge in [0.15, 0.2) is 0 Å². The molecule has 0 fully saturated rings. The van der Waals surface area contributed by atoms with E-state index in [-0.39, 0.29) is 16.5 Å². The van der Waals surface area contributed by atoms with E-state index in [9.17, 15) is 27.2 Å². The first-order chi connectivity index (χ1) is 14.6. The summed E-state index contributed by atoms with van der Waals surface area (Å²) in [5.74, 6) is -8.33. The van der Waals surface area contributed by atoms with Crippen LogP contribution in [0.15, 0.2) is 35.3 Å². The van der Waals surface area contributed by atoms with Crippen LogP contribution in [0.1, 0.15) is 35.3 Å². The van der Waals surface area contributed by atoms with Crippen molar-refractivity contribution < 1.29 is 22.4 Å². The van der Waals surface area contributed by atoms with E-state index in [2.05, 4.69) is 9.97 Å². The summed E-state index contributed by atoms with van der Waals surface area (Å²) in [6, 6.07) is 5.22. The molecule has 11 heteroatoms. The highest BCUT2D eigenvalue weighted by Gasteiger charge is 2.44. The van der Waals surface area contributed by atoms with Crippen molar-refractivity contribution >= 4 is 16.8 Å². The van der Waals surface area contributed by atoms with Gasteiger partial charge in [-0.3, -0.25) is 14.6 Å². The molecule has 3 aromatic rings. The van der Waals surface area contributed by atoms with E-state index >= 15 is 0 Å². The van der Waals surface area contributed by atoms with Gasteiger partial charge in [-0.05, 0) is 31.2 Å². The molecule has 7 nitrogen and oxygen atoms in total. The molecule has 2 N–H and O–H groups in total. The molecule has 156 valence electrons. The van der Waals surface area contributed by atoms with Gasteiger partial charge in [-0.2, -0.15) is 19.3 Å². The molecule has 2 aromatic heterocycles. The lowest BCUT2D eigenvalue weighted by Crippen LogP contribution is -2.42. The summed E-state index contributed by atoms with van der Waals surface area (Å²) in [5, 5.41) is 19.4. The van der Waals surface area contributed by atoms with Crippen LogP contribution in [-0.2, 0) is 10.7 Å². The Bertz CT molecular complexity index is 1350. The highest BCUT2D eigenvalue weighted by atomic mass is 19.3. The van der Waals surface area contributed by atoms with E-state index in [0.717, 1.165) is 24.4 Å². The van der Waals surface area contributed by atoms with Crippen LogP contribution in [0, 0.1) is 34.3 Å². The van der Waals surface area contributed by atoms with Crippen LogP contribution >= 0.6 is 0 Å². The van der Waals surface area contributed by atoms with E-state index in [0.29, 0.717) is 6.07 Å². The van der Waals surface area contributed by atoms with Crippen LogP contribution in [0.25, 0.3) is 10.9 Å². The standard InChI is InChI=1S/C20H11F4N5O2/c1-9(17-15(22)4-10(6-25)8-27-17)28-19(31)20(23,24)13-5-11-12(7-26)14(21)2-3-16(11)29-18(13)30/h2-5,8-9H,1H3,(H,28,31)(H,29,30)/t9-/m0/s1. The number of carbonyl (C=O) groups is 1. The van der Waals surface area contributed by atoms with Gasteiger partial charge in [0.05, 0.1) is 28.4 Å². The Hall–Kier alpha value is -4.25. The molecule has 0 unspecified atom stereocenters. The van der Waals surface area contributed by atoms with Crippen molar-refractivity contribution in [2.75, 3.05) is 0 Å². The second-order valence-corrected chi connectivity index (χ2v) is 6.48. The second-order valence-electron chi connectivity index (χ2n) is 6.48. The van der Waals surface area contributed by atoms with Gasteiger partial charge >= 0.3 is 5.92 Å². The van der Waals surface area contributed by atoms with Gasteiger partial charge in [0, 0.05) is 17.1 Å². The molecule has 0 aliphatic carbocycles. The summed E-state index contributed by atoms with van der Waals surface area (Å²) in [5.41, 5.74) is -3.79. The zero-order valence-corrected chi connectivity index (χ0v) is 15.6. The summed E-state index contributed by atoms with van der Waals surface area (Å²) >= 11 is 0. The molecule has 31 heavy (non-hydrogen) atoms. The van der Waals surface area contributed by atoms with Crippen molar-refractivity contribution in [3.05, 3.63) is 74.8 Å². The summed E-state index contributed by atoms with van der Waals surface area (Å²) in [6.45, 7) is 1.18. The van der Waals surface area contributed by atoms with Gasteiger partial charge in [-0.1, -0.05) is 0 Å². The molecule has 1 atom stereocenters. The Morgan fingerprint density at radius 2 is 1.90 bits per heavy atom. The second kappa shape index (κ2) is 7.88. The van der Waals surface area contributed by atoms with Crippen molar-refractivity contribution in [1.82, 2.24) is 15.3 Å². The number of hydrogen-bond donors (Lipinski definition) is 2. The maximum atomic E-state index is 14.8. The SMILES string of the molecule is C[C@H](NC(=O)C(F)(F)c1cc2c(C#N)c(F)ccc2[nH]c1=O)c1ncc(C#N)cc1F. The summed E-state index contributed by atoms with van der Waals surface area (Å²) in [4.78, 5) is 30.1. The van der Waals surface area contributed by atoms with Gasteiger partial charge in [0.2, 0.25) is 0 Å². The number of nitrogens with one attached hydrogen (secondary N) is 2. The zero-order chi connectivity index (χ0) is 22.9. The van der Waals surface area contributed by atoms with Crippen molar-refractivity contribution in [2.45, 2.75) is 18.9 Å². The average molecular weight is 429 g/mol. The Labute approximate surface area is 171 Å². The largest absolute Gasteiger partial charge is 0.355 e. The summed E-state index contributed by atoms with van der Waals surface area (Å²) in [7, 11) is 0. The van der Waals surface area contributed by atoms with Gasteiger partial charge in [0.25, 0.3) is 11.5 Å². The number of amides is 1. The molecule has 0 saturated carbocycles. The molecule has 0 aliphatic rings. The number of carbonyl (C=O) groups excluding carboxylic acids is 1. The van der Waals surface area contributed by atoms with E-state index in [1.165, 1.54) is 13.0 Å². The molecule has 0 radical (unpaired) electrons. The number of nitrogens with zero attached hydrogens (tertiary/aromatic N) is 3. The van der Waals surface area contributed by atoms with Crippen LogP contribution in [0.3, 0.4) is 0 Å². The van der Waals surface area contributed by atoms with E-state index in [1.807, 2.05) is 5.32 Å². The number of rotatable bonds is 4. The third-order valence-electron chi connectivity index (χ3n) is 4.47. The minimum absolute atomic E-state index is 0.0693. The fourth-order valence-electron chi connectivity index (χ4n) is 2.90. The first kappa shape index (κ1) is 21.5. The Morgan fingerprint density at radius 1 is 1.19 bits per heavy atom. The summed E-state index contributed by atoms with van der Waals surface area (Å²) in [6.07, 6.45) is 1.01. The van der Waals surface area contributed by atoms with E-state index in [1.54, 1.807) is 6.07 Å². The van der Waals surface area contributed by atoms with E-state index < -0.39 is 51.9 Å². The maximum Gasteiger partial charge on any atom is 0.355 e. The lowest BCUT2D eigenvalue weighted by atomic mass is 10.0. The Kier molecular flexibility index (Phi) is 5.45. The summed E-state index contributed by atoms with van der Waals surface area (Å²) < 4.78 is 57.5. The predicted molar refractivity (Wildman–Crippen MR) is 98.6 cm³/mol. The normalized spacial score (nSPS) is 12.1. The van der Waals surface area contributed by atoms with Crippen molar-refractivity contribution in [3.63, 3.8) is 0 Å². The first-order valence-electron chi connectivity index (χ1n) is 8.60. The number of benzene rings is 1. The first-order valence-corrected chi connectivity index (χ1v) is 8.60. The highest BCUT2D eigenvalue weighted by Crippen LogP contribution is 2.30. The third-order valence-corrected chi connectivity index (χ3v) is 4.47. The molecule has 0 bridgehead atoms. The van der Waals surface area contributed by atoms with Crippen LogP contribution in [0.5, 0.6) is 0 Å². The van der Waals surface area contributed by atoms with Crippen LogP contribution in [0.2, 0.25) is 0 Å². The average Bonchev–Trinajstić information content (AvgIpc) is 2.72. The number of nitriles is 2. The molecule has 2 heterocycles. The molecule has 1 aromatic carbocycles. The fourth-order valence-corrected chi connectivity index (χ4v) is 2.90. The van der Waals surface area contributed by atoms with Crippen LogP contribution in [0.4, 0.5) is 17.6 Å². The molecular weight excluding hydrogens is 418 g/mol. The fraction of sp³-hybridized carbons (Fsp3) is 0.150. The van der Waals surface area contributed by atoms with Crippen molar-refractivity contribution in [3.8, 4) is 12.1 Å². The number of alkyl halides is 2. The lowest BCUT2D eigenvalue weighted by Gasteiger charge is -2.20. The molecular formula is C20H11F4N5O2. The number of H-pyrrole nitrogens is 1. The molecule has 0 saturated heterocycles. The minimum atomic E-state index is -4.40. The molecule has 1 amide bonds. The third kappa shape index (κ3) is 3.81. The van der Waals surface area contributed by atoms with E-state index in [4.69, 9.17) is 10.5 Å². The number of fused-ring (bicyclic) bond motifs is 1. The number of aromatic amines is 1. The molecule has 0 aliphatic heterocycles. The van der Waals surface area contributed by atoms with Gasteiger partial charge in [0.1, 0.15) is 23.8 Å². The Balaban J connectivity index is 1.99. The highest BCUT2D eigenvalue weighted by molar-refractivity contribution is 5.89. The topological polar surface area (TPSA) is 122 Å². The van der Waals surface area contributed by atoms with Gasteiger partial charge in [-0.25, -0.2) is 8.78 Å². The zero-order valence-electron chi connectivity index (χ0n) is 15.6. The van der Waals surface area contributed by atoms with Crippen LogP contribution in [-0.4, -0.2) is 15.9 Å². The number of halogens is 4. The monoisotopic (exact) mass is 429 g/mol. The lowest BCUT2D eigenvalue weighted by molar-refractivity contribution is -0.148. The maximum absolute atomic E-state index is 14.8. The predicted octanol–water partition coefficient (Wildman–Crippen LogP) is 2.91.